The zero-order valence-corrected chi connectivity index (χ0v) is 14.1. The average Bonchev–Trinajstić information content (AvgIpc) is 3.00. The Balaban J connectivity index is 2.07. The molecular weight excluding hydrogens is 292 g/mol. The highest BCUT2D eigenvalue weighted by Crippen LogP contribution is 2.18. The molecule has 23 heavy (non-hydrogen) atoms. The van der Waals surface area contributed by atoms with Gasteiger partial charge in [-0.25, -0.2) is 0 Å². The van der Waals surface area contributed by atoms with Crippen molar-refractivity contribution < 1.29 is 14.7 Å². The Labute approximate surface area is 137 Å². The van der Waals surface area contributed by atoms with E-state index in [1.54, 1.807) is 11.0 Å². The van der Waals surface area contributed by atoms with Crippen molar-refractivity contribution in [2.45, 2.75) is 33.2 Å². The third-order valence-corrected chi connectivity index (χ3v) is 4.36. The number of hydrogen-bond acceptors (Lipinski definition) is 3. The van der Waals surface area contributed by atoms with E-state index < -0.39 is 6.04 Å². The Morgan fingerprint density at radius 2 is 2.13 bits per heavy atom. The molecule has 1 aliphatic rings. The van der Waals surface area contributed by atoms with E-state index in [9.17, 15) is 14.7 Å². The van der Waals surface area contributed by atoms with Crippen molar-refractivity contribution in [3.05, 3.63) is 35.4 Å². The first kappa shape index (κ1) is 17.5. The summed E-state index contributed by atoms with van der Waals surface area (Å²) in [6.07, 6.45) is 0.818. The van der Waals surface area contributed by atoms with Crippen LogP contribution in [0.3, 0.4) is 0 Å². The van der Waals surface area contributed by atoms with E-state index in [1.165, 1.54) is 0 Å². The van der Waals surface area contributed by atoms with Crippen molar-refractivity contribution in [1.29, 1.82) is 0 Å². The third kappa shape index (κ3) is 4.32. The fourth-order valence-electron chi connectivity index (χ4n) is 2.90. The van der Waals surface area contributed by atoms with Gasteiger partial charge in [0.05, 0.1) is 0 Å². The number of carbonyl (C=O) groups excluding carboxylic acids is 2. The summed E-state index contributed by atoms with van der Waals surface area (Å²) in [5.41, 5.74) is 1.58. The number of aliphatic hydroxyl groups excluding tert-OH is 1. The smallest absolute Gasteiger partial charge is 0.251 e. The van der Waals surface area contributed by atoms with E-state index in [1.807, 2.05) is 39.0 Å². The molecule has 126 valence electrons. The number of nitrogens with zero attached hydrogens (tertiary/aromatic N) is 1. The van der Waals surface area contributed by atoms with Gasteiger partial charge in [-0.3, -0.25) is 9.59 Å². The molecule has 0 spiro atoms. The summed E-state index contributed by atoms with van der Waals surface area (Å²) >= 11 is 0. The fraction of sp³-hybridized carbons (Fsp3) is 0.556. The zero-order valence-electron chi connectivity index (χ0n) is 14.1. The Hall–Kier alpha value is -1.88. The standard InChI is InChI=1S/C18H26N2O3/c1-12(2)16(18(23)20-8-7-14(10-20)11-21)19-17(22)15-6-4-5-13(3)9-15/h4-6,9,12,14,16,21H,7-8,10-11H2,1-3H3,(H,19,22). The molecular formula is C18H26N2O3. The molecule has 1 aromatic carbocycles. The molecule has 2 N–H and O–H groups in total. The second-order valence-electron chi connectivity index (χ2n) is 6.69. The van der Waals surface area contributed by atoms with Crippen molar-refractivity contribution in [2.24, 2.45) is 11.8 Å². The first-order valence-corrected chi connectivity index (χ1v) is 8.19. The maximum atomic E-state index is 12.7. The number of aryl methyl sites for hydroxylation is 1. The van der Waals surface area contributed by atoms with Crippen LogP contribution in [0, 0.1) is 18.8 Å². The number of likely N-dealkylation sites (tertiary alicyclic amines) is 1. The van der Waals surface area contributed by atoms with Crippen molar-refractivity contribution in [2.75, 3.05) is 19.7 Å². The molecule has 1 fully saturated rings. The van der Waals surface area contributed by atoms with Crippen LogP contribution in [0.2, 0.25) is 0 Å². The summed E-state index contributed by atoms with van der Waals surface area (Å²) in [6, 6.07) is 6.79. The predicted octanol–water partition coefficient (Wildman–Crippen LogP) is 1.59. The van der Waals surface area contributed by atoms with E-state index in [0.29, 0.717) is 18.7 Å². The highest BCUT2D eigenvalue weighted by atomic mass is 16.3. The predicted molar refractivity (Wildman–Crippen MR) is 89.0 cm³/mol. The summed E-state index contributed by atoms with van der Waals surface area (Å²) in [5.74, 6) is -0.126. The molecule has 1 aliphatic heterocycles. The minimum Gasteiger partial charge on any atom is -0.396 e. The van der Waals surface area contributed by atoms with Crippen LogP contribution in [0.1, 0.15) is 36.2 Å². The molecule has 2 amide bonds. The van der Waals surface area contributed by atoms with Crippen LogP contribution in [-0.2, 0) is 4.79 Å². The molecule has 0 bridgehead atoms. The van der Waals surface area contributed by atoms with E-state index in [-0.39, 0.29) is 30.3 Å². The van der Waals surface area contributed by atoms with Crippen molar-refractivity contribution >= 4 is 11.8 Å². The number of rotatable bonds is 5. The van der Waals surface area contributed by atoms with Crippen molar-refractivity contribution in [1.82, 2.24) is 10.2 Å². The number of carbonyl (C=O) groups is 2. The van der Waals surface area contributed by atoms with E-state index >= 15 is 0 Å². The van der Waals surface area contributed by atoms with Gasteiger partial charge >= 0.3 is 0 Å². The minimum atomic E-state index is -0.541. The maximum absolute atomic E-state index is 12.7. The van der Waals surface area contributed by atoms with Crippen molar-refractivity contribution in [3.8, 4) is 0 Å². The number of amides is 2. The van der Waals surface area contributed by atoms with Gasteiger partial charge in [0.1, 0.15) is 6.04 Å². The largest absolute Gasteiger partial charge is 0.396 e. The quantitative estimate of drug-likeness (QED) is 0.866. The van der Waals surface area contributed by atoms with Crippen LogP contribution in [0.5, 0.6) is 0 Å². The van der Waals surface area contributed by atoms with Crippen molar-refractivity contribution in [3.63, 3.8) is 0 Å². The van der Waals surface area contributed by atoms with Crippen LogP contribution < -0.4 is 5.32 Å². The molecule has 2 rings (SSSR count). The summed E-state index contributed by atoms with van der Waals surface area (Å²) in [6.45, 7) is 7.11. The lowest BCUT2D eigenvalue weighted by Crippen LogP contribution is -2.50. The minimum absolute atomic E-state index is 0.00411. The topological polar surface area (TPSA) is 69.6 Å². The van der Waals surface area contributed by atoms with E-state index in [2.05, 4.69) is 5.32 Å². The van der Waals surface area contributed by atoms with Gasteiger partial charge in [-0.1, -0.05) is 31.5 Å². The lowest BCUT2D eigenvalue weighted by Gasteiger charge is -2.27. The molecule has 2 atom stereocenters. The maximum Gasteiger partial charge on any atom is 0.251 e. The number of benzene rings is 1. The lowest BCUT2D eigenvalue weighted by atomic mass is 10.0. The molecule has 1 heterocycles. The molecule has 1 aromatic rings. The molecule has 0 aliphatic carbocycles. The number of aliphatic hydroxyl groups is 1. The second kappa shape index (κ2) is 7.59. The Morgan fingerprint density at radius 3 is 2.70 bits per heavy atom. The van der Waals surface area contributed by atoms with Crippen LogP contribution in [0.4, 0.5) is 0 Å². The summed E-state index contributed by atoms with van der Waals surface area (Å²) in [4.78, 5) is 26.9. The van der Waals surface area contributed by atoms with Crippen LogP contribution in [0.25, 0.3) is 0 Å². The highest BCUT2D eigenvalue weighted by Gasteiger charge is 2.33. The van der Waals surface area contributed by atoms with Gasteiger partial charge in [-0.15, -0.1) is 0 Å². The average molecular weight is 318 g/mol. The summed E-state index contributed by atoms with van der Waals surface area (Å²) in [5, 5.41) is 12.1. The van der Waals surface area contributed by atoms with Gasteiger partial charge in [0.2, 0.25) is 5.91 Å². The summed E-state index contributed by atoms with van der Waals surface area (Å²) < 4.78 is 0. The fourth-order valence-corrected chi connectivity index (χ4v) is 2.90. The molecule has 0 aromatic heterocycles. The molecule has 0 saturated carbocycles. The summed E-state index contributed by atoms with van der Waals surface area (Å²) in [7, 11) is 0. The Bertz CT molecular complexity index is 571. The van der Waals surface area contributed by atoms with Crippen LogP contribution in [-0.4, -0.2) is 47.6 Å². The lowest BCUT2D eigenvalue weighted by molar-refractivity contribution is -0.133. The first-order chi connectivity index (χ1) is 10.9. The highest BCUT2D eigenvalue weighted by molar-refractivity contribution is 5.97. The monoisotopic (exact) mass is 318 g/mol. The molecule has 0 radical (unpaired) electrons. The number of hydrogen-bond donors (Lipinski definition) is 2. The van der Waals surface area contributed by atoms with Gasteiger partial charge < -0.3 is 15.3 Å². The Kier molecular flexibility index (Phi) is 5.77. The first-order valence-electron chi connectivity index (χ1n) is 8.19. The van der Waals surface area contributed by atoms with Gasteiger partial charge in [0.15, 0.2) is 0 Å². The van der Waals surface area contributed by atoms with Gasteiger partial charge in [-0.05, 0) is 31.4 Å². The van der Waals surface area contributed by atoms with Crippen LogP contribution >= 0.6 is 0 Å². The van der Waals surface area contributed by atoms with Gasteiger partial charge in [0.25, 0.3) is 5.91 Å². The molecule has 5 nitrogen and oxygen atoms in total. The van der Waals surface area contributed by atoms with E-state index in [4.69, 9.17) is 0 Å². The number of nitrogens with one attached hydrogen (secondary N) is 1. The van der Waals surface area contributed by atoms with Crippen LogP contribution in [0.15, 0.2) is 24.3 Å². The normalized spacial score (nSPS) is 19.0. The molecule has 5 heteroatoms. The third-order valence-electron chi connectivity index (χ3n) is 4.36. The van der Waals surface area contributed by atoms with Gasteiger partial charge in [-0.2, -0.15) is 0 Å². The van der Waals surface area contributed by atoms with Gasteiger partial charge in [0, 0.05) is 31.2 Å². The molecule has 1 saturated heterocycles. The van der Waals surface area contributed by atoms with E-state index in [0.717, 1.165) is 12.0 Å². The second-order valence-corrected chi connectivity index (χ2v) is 6.69. The Morgan fingerprint density at radius 1 is 1.39 bits per heavy atom. The SMILES string of the molecule is Cc1cccc(C(=O)NC(C(=O)N2CCC(CO)C2)C(C)C)c1. The molecule has 2 unspecified atom stereocenters. The zero-order chi connectivity index (χ0) is 17.0.